The first-order chi connectivity index (χ1) is 9.99. The fraction of sp³-hybridized carbons (Fsp3) is 0.273. The standard InChI is InChI=1S/C11H5BrCl3F3N2O2/c12-7-1-5(11(16,17)18)2-8-6(7)3-19-20(8)9(21)22-4-10(13,14)15/h1-3H,4H2. The molecule has 0 saturated carbocycles. The van der Waals surface area contributed by atoms with Gasteiger partial charge in [0.25, 0.3) is 0 Å². The van der Waals surface area contributed by atoms with Crippen LogP contribution in [0.1, 0.15) is 5.56 Å². The van der Waals surface area contributed by atoms with Gasteiger partial charge in [0.15, 0.2) is 0 Å². The number of carbonyl (C=O) groups is 1. The second-order valence-corrected chi connectivity index (χ2v) is 7.49. The minimum atomic E-state index is -4.58. The third-order valence-corrected chi connectivity index (χ3v) is 3.48. The summed E-state index contributed by atoms with van der Waals surface area (Å²) in [6.07, 6.45) is -4.42. The molecule has 4 nitrogen and oxygen atoms in total. The molecule has 0 fully saturated rings. The van der Waals surface area contributed by atoms with Gasteiger partial charge in [0, 0.05) is 9.86 Å². The van der Waals surface area contributed by atoms with Gasteiger partial charge in [0.05, 0.1) is 17.3 Å². The molecule has 1 aromatic carbocycles. The van der Waals surface area contributed by atoms with Crippen molar-refractivity contribution in [1.29, 1.82) is 0 Å². The number of benzene rings is 1. The van der Waals surface area contributed by atoms with Crippen molar-refractivity contribution in [1.82, 2.24) is 9.78 Å². The SMILES string of the molecule is O=C(OCC(Cl)(Cl)Cl)n1ncc2c(Br)cc(C(F)(F)F)cc21. The average molecular weight is 440 g/mol. The zero-order valence-corrected chi connectivity index (χ0v) is 14.1. The molecule has 0 unspecified atom stereocenters. The van der Waals surface area contributed by atoms with Crippen LogP contribution in [0.25, 0.3) is 10.9 Å². The summed E-state index contributed by atoms with van der Waals surface area (Å²) in [4.78, 5) is 11.8. The second kappa shape index (κ2) is 6.07. The monoisotopic (exact) mass is 438 g/mol. The Balaban J connectivity index is 2.43. The Morgan fingerprint density at radius 1 is 1.32 bits per heavy atom. The van der Waals surface area contributed by atoms with Gasteiger partial charge in [-0.2, -0.15) is 23.0 Å². The third kappa shape index (κ3) is 3.98. The lowest BCUT2D eigenvalue weighted by Crippen LogP contribution is -2.22. The van der Waals surface area contributed by atoms with Crippen LogP contribution in [0.5, 0.6) is 0 Å². The first-order valence-electron chi connectivity index (χ1n) is 5.47. The molecule has 1 aromatic heterocycles. The Morgan fingerprint density at radius 2 is 1.95 bits per heavy atom. The summed E-state index contributed by atoms with van der Waals surface area (Å²) in [7, 11) is 0. The number of alkyl halides is 6. The first-order valence-corrected chi connectivity index (χ1v) is 7.40. The lowest BCUT2D eigenvalue weighted by atomic mass is 10.1. The van der Waals surface area contributed by atoms with Gasteiger partial charge in [-0.15, -0.1) is 0 Å². The van der Waals surface area contributed by atoms with Crippen LogP contribution in [0.4, 0.5) is 18.0 Å². The minimum Gasteiger partial charge on any atom is -0.443 e. The van der Waals surface area contributed by atoms with Crippen LogP contribution in [0.3, 0.4) is 0 Å². The van der Waals surface area contributed by atoms with Crippen molar-refractivity contribution in [2.24, 2.45) is 0 Å². The van der Waals surface area contributed by atoms with E-state index in [-0.39, 0.29) is 9.99 Å². The minimum absolute atomic E-state index is 0.0870. The van der Waals surface area contributed by atoms with Crippen molar-refractivity contribution in [2.45, 2.75) is 9.97 Å². The van der Waals surface area contributed by atoms with Gasteiger partial charge >= 0.3 is 12.3 Å². The molecular weight excluding hydrogens is 435 g/mol. The third-order valence-electron chi connectivity index (χ3n) is 2.50. The van der Waals surface area contributed by atoms with Crippen LogP contribution in [0, 0.1) is 0 Å². The number of carbonyl (C=O) groups excluding carboxylic acids is 1. The van der Waals surface area contributed by atoms with Gasteiger partial charge in [-0.25, -0.2) is 4.79 Å². The van der Waals surface area contributed by atoms with Crippen LogP contribution in [-0.2, 0) is 10.9 Å². The molecule has 0 bridgehead atoms. The predicted octanol–water partition coefficient (Wildman–Crippen LogP) is 5.17. The normalized spacial score (nSPS) is 12.7. The maximum Gasteiger partial charge on any atom is 0.435 e. The van der Waals surface area contributed by atoms with Gasteiger partial charge in [0.1, 0.15) is 6.61 Å². The maximum absolute atomic E-state index is 12.8. The van der Waals surface area contributed by atoms with E-state index in [4.69, 9.17) is 39.5 Å². The Morgan fingerprint density at radius 3 is 2.50 bits per heavy atom. The Kier molecular flexibility index (Phi) is 4.87. The number of nitrogens with zero attached hydrogens (tertiary/aromatic N) is 2. The largest absolute Gasteiger partial charge is 0.443 e. The molecule has 120 valence electrons. The molecule has 11 heteroatoms. The molecule has 0 spiro atoms. The number of ether oxygens (including phenoxy) is 1. The molecule has 0 aliphatic carbocycles. The Bertz CT molecular complexity index is 728. The highest BCUT2D eigenvalue weighted by molar-refractivity contribution is 9.10. The van der Waals surface area contributed by atoms with Crippen molar-refractivity contribution < 1.29 is 22.7 Å². The summed E-state index contributed by atoms with van der Waals surface area (Å²) in [6.45, 7) is -0.571. The second-order valence-electron chi connectivity index (χ2n) is 4.11. The number of hydrogen-bond acceptors (Lipinski definition) is 3. The van der Waals surface area contributed by atoms with Crippen LogP contribution in [0.15, 0.2) is 22.8 Å². The average Bonchev–Trinajstić information content (AvgIpc) is 2.78. The number of rotatable bonds is 1. The summed E-state index contributed by atoms with van der Waals surface area (Å²) < 4.78 is 42.1. The molecule has 0 radical (unpaired) electrons. The van der Waals surface area contributed by atoms with E-state index >= 15 is 0 Å². The first kappa shape index (κ1) is 17.7. The smallest absolute Gasteiger partial charge is 0.435 e. The number of aromatic nitrogens is 2. The number of halogens is 7. The topological polar surface area (TPSA) is 44.1 Å². The van der Waals surface area contributed by atoms with Gasteiger partial charge < -0.3 is 4.74 Å². The van der Waals surface area contributed by atoms with Crippen molar-refractivity contribution in [3.05, 3.63) is 28.4 Å². The highest BCUT2D eigenvalue weighted by Gasteiger charge is 2.32. The van der Waals surface area contributed by atoms with Gasteiger partial charge in [-0.3, -0.25) is 0 Å². The van der Waals surface area contributed by atoms with Gasteiger partial charge in [0.2, 0.25) is 3.79 Å². The van der Waals surface area contributed by atoms with Crippen molar-refractivity contribution in [3.63, 3.8) is 0 Å². The Hall–Kier alpha value is -0.700. The summed E-state index contributed by atoms with van der Waals surface area (Å²) in [5, 5.41) is 4.00. The Labute approximate surface area is 145 Å². The summed E-state index contributed by atoms with van der Waals surface area (Å²) >= 11 is 19.3. The van der Waals surface area contributed by atoms with E-state index in [2.05, 4.69) is 21.0 Å². The molecule has 1 heterocycles. The molecule has 0 aliphatic rings. The number of fused-ring (bicyclic) bond motifs is 1. The molecule has 2 aromatic rings. The van der Waals surface area contributed by atoms with E-state index in [0.717, 1.165) is 12.1 Å². The van der Waals surface area contributed by atoms with E-state index in [0.29, 0.717) is 10.1 Å². The van der Waals surface area contributed by atoms with E-state index in [9.17, 15) is 18.0 Å². The molecular formula is C11H5BrCl3F3N2O2. The molecule has 0 amide bonds. The van der Waals surface area contributed by atoms with Crippen LogP contribution in [0.2, 0.25) is 0 Å². The lowest BCUT2D eigenvalue weighted by Gasteiger charge is -2.12. The highest BCUT2D eigenvalue weighted by atomic mass is 79.9. The fourth-order valence-electron chi connectivity index (χ4n) is 1.60. The fourth-order valence-corrected chi connectivity index (χ4v) is 2.31. The maximum atomic E-state index is 12.8. The summed E-state index contributed by atoms with van der Waals surface area (Å²) in [5.74, 6) is 0. The summed E-state index contributed by atoms with van der Waals surface area (Å²) in [6, 6.07) is 1.67. The van der Waals surface area contributed by atoms with Crippen LogP contribution in [-0.4, -0.2) is 26.3 Å². The van der Waals surface area contributed by atoms with Gasteiger partial charge in [-0.1, -0.05) is 50.7 Å². The van der Waals surface area contributed by atoms with Crippen molar-refractivity contribution in [3.8, 4) is 0 Å². The van der Waals surface area contributed by atoms with E-state index in [1.54, 1.807) is 0 Å². The quantitative estimate of drug-likeness (QED) is 0.575. The molecule has 2 rings (SSSR count). The van der Waals surface area contributed by atoms with Crippen LogP contribution < -0.4 is 0 Å². The van der Waals surface area contributed by atoms with Crippen molar-refractivity contribution in [2.75, 3.05) is 6.61 Å². The zero-order valence-electron chi connectivity index (χ0n) is 10.3. The molecule has 0 atom stereocenters. The molecule has 0 saturated heterocycles. The number of hydrogen-bond donors (Lipinski definition) is 0. The van der Waals surface area contributed by atoms with E-state index in [1.807, 2.05) is 0 Å². The van der Waals surface area contributed by atoms with E-state index < -0.39 is 28.2 Å². The van der Waals surface area contributed by atoms with Crippen molar-refractivity contribution >= 4 is 67.7 Å². The highest BCUT2D eigenvalue weighted by Crippen LogP contribution is 2.35. The lowest BCUT2D eigenvalue weighted by molar-refractivity contribution is -0.137. The molecule has 0 aliphatic heterocycles. The summed E-state index contributed by atoms with van der Waals surface area (Å²) in [5.41, 5.74) is -1.03. The molecule has 22 heavy (non-hydrogen) atoms. The zero-order chi connectivity index (χ0) is 16.7. The molecule has 0 N–H and O–H groups in total. The van der Waals surface area contributed by atoms with E-state index in [1.165, 1.54) is 6.20 Å². The van der Waals surface area contributed by atoms with Gasteiger partial charge in [-0.05, 0) is 12.1 Å². The predicted molar refractivity (Wildman–Crippen MR) is 79.5 cm³/mol. The van der Waals surface area contributed by atoms with Crippen LogP contribution >= 0.6 is 50.7 Å².